The molecular formula is C10H12N2O4. The first-order chi connectivity index (χ1) is 7.54. The summed E-state index contributed by atoms with van der Waals surface area (Å²) in [6.45, 7) is 1.72. The molecule has 0 radical (unpaired) electrons. The predicted octanol–water partition coefficient (Wildman–Crippen LogP) is 1.49. The number of rotatable bonds is 4. The van der Waals surface area contributed by atoms with Crippen molar-refractivity contribution >= 4 is 17.3 Å². The third-order valence-corrected chi connectivity index (χ3v) is 2.00. The van der Waals surface area contributed by atoms with E-state index >= 15 is 0 Å². The van der Waals surface area contributed by atoms with Crippen LogP contribution in [0.2, 0.25) is 0 Å². The molecule has 1 N–H and O–H groups in total. The molecule has 6 heteroatoms. The zero-order chi connectivity index (χ0) is 12.1. The number of methoxy groups -OCH3 is 1. The largest absolute Gasteiger partial charge is 0.468 e. The zero-order valence-corrected chi connectivity index (χ0v) is 9.02. The van der Waals surface area contributed by atoms with Crippen LogP contribution < -0.4 is 5.32 Å². The molecule has 16 heavy (non-hydrogen) atoms. The van der Waals surface area contributed by atoms with Gasteiger partial charge in [0.1, 0.15) is 12.2 Å². The summed E-state index contributed by atoms with van der Waals surface area (Å²) in [5, 5.41) is 13.4. The number of nitro groups is 1. The van der Waals surface area contributed by atoms with E-state index in [4.69, 9.17) is 0 Å². The summed E-state index contributed by atoms with van der Waals surface area (Å²) in [5.41, 5.74) is 1.13. The van der Waals surface area contributed by atoms with Crippen molar-refractivity contribution < 1.29 is 14.5 Å². The number of hydrogen-bond acceptors (Lipinski definition) is 5. The van der Waals surface area contributed by atoms with Crippen LogP contribution in [0, 0.1) is 17.0 Å². The van der Waals surface area contributed by atoms with Gasteiger partial charge in [-0.05, 0) is 18.6 Å². The molecule has 1 aromatic carbocycles. The molecule has 0 amide bonds. The summed E-state index contributed by atoms with van der Waals surface area (Å²) in [6, 6.07) is 4.65. The van der Waals surface area contributed by atoms with Crippen molar-refractivity contribution in [3.8, 4) is 0 Å². The number of anilines is 1. The van der Waals surface area contributed by atoms with Crippen molar-refractivity contribution in [3.63, 3.8) is 0 Å². The lowest BCUT2D eigenvalue weighted by atomic mass is 10.2. The Morgan fingerprint density at radius 1 is 1.56 bits per heavy atom. The van der Waals surface area contributed by atoms with Gasteiger partial charge in [0.2, 0.25) is 0 Å². The summed E-state index contributed by atoms with van der Waals surface area (Å²) in [5.74, 6) is -0.476. The van der Waals surface area contributed by atoms with Crippen LogP contribution >= 0.6 is 0 Å². The predicted molar refractivity (Wildman–Crippen MR) is 58.3 cm³/mol. The maximum absolute atomic E-state index is 10.9. The molecule has 1 aromatic rings. The molecular weight excluding hydrogens is 212 g/mol. The Labute approximate surface area is 92.4 Å². The quantitative estimate of drug-likeness (QED) is 0.476. The van der Waals surface area contributed by atoms with Crippen molar-refractivity contribution in [1.82, 2.24) is 0 Å². The molecule has 0 unspecified atom stereocenters. The molecule has 0 aliphatic heterocycles. The van der Waals surface area contributed by atoms with Crippen molar-refractivity contribution in [2.24, 2.45) is 0 Å². The fourth-order valence-electron chi connectivity index (χ4n) is 1.19. The average Bonchev–Trinajstić information content (AvgIpc) is 2.25. The number of nitro benzene ring substituents is 1. The molecule has 0 spiro atoms. The topological polar surface area (TPSA) is 81.5 Å². The Morgan fingerprint density at radius 2 is 2.25 bits per heavy atom. The third-order valence-electron chi connectivity index (χ3n) is 2.00. The normalized spacial score (nSPS) is 9.62. The molecule has 0 aliphatic rings. The number of nitrogens with one attached hydrogen (secondary N) is 1. The fourth-order valence-corrected chi connectivity index (χ4v) is 1.19. The van der Waals surface area contributed by atoms with E-state index in [1.807, 2.05) is 6.92 Å². The van der Waals surface area contributed by atoms with E-state index in [0.29, 0.717) is 5.69 Å². The number of nitrogens with zero attached hydrogens (tertiary/aromatic N) is 1. The molecule has 0 saturated heterocycles. The number of esters is 1. The summed E-state index contributed by atoms with van der Waals surface area (Å²) in [6.07, 6.45) is 0. The lowest BCUT2D eigenvalue weighted by molar-refractivity contribution is -0.384. The molecule has 0 aromatic heterocycles. The van der Waals surface area contributed by atoms with Crippen LogP contribution in [0.4, 0.5) is 11.4 Å². The minimum atomic E-state index is -0.501. The number of aryl methyl sites for hydroxylation is 1. The minimum absolute atomic E-state index is 0.0606. The molecule has 86 valence electrons. The summed E-state index contributed by atoms with van der Waals surface area (Å²) in [7, 11) is 1.26. The van der Waals surface area contributed by atoms with Crippen LogP contribution in [0.3, 0.4) is 0 Å². The Kier molecular flexibility index (Phi) is 3.82. The van der Waals surface area contributed by atoms with Gasteiger partial charge in [0, 0.05) is 6.07 Å². The van der Waals surface area contributed by atoms with E-state index in [-0.39, 0.29) is 12.2 Å². The van der Waals surface area contributed by atoms with Crippen LogP contribution in [0.15, 0.2) is 18.2 Å². The first-order valence-electron chi connectivity index (χ1n) is 4.60. The zero-order valence-electron chi connectivity index (χ0n) is 9.02. The Morgan fingerprint density at radius 3 is 2.81 bits per heavy atom. The summed E-state index contributed by atoms with van der Waals surface area (Å²) in [4.78, 5) is 21.1. The molecule has 0 bridgehead atoms. The average molecular weight is 224 g/mol. The highest BCUT2D eigenvalue weighted by Gasteiger charge is 2.13. The minimum Gasteiger partial charge on any atom is -0.468 e. The van der Waals surface area contributed by atoms with Crippen molar-refractivity contribution in [3.05, 3.63) is 33.9 Å². The number of ether oxygens (including phenoxy) is 1. The Balaban J connectivity index is 2.88. The van der Waals surface area contributed by atoms with Crippen LogP contribution in [0.25, 0.3) is 0 Å². The van der Waals surface area contributed by atoms with Gasteiger partial charge < -0.3 is 10.1 Å². The first kappa shape index (κ1) is 12.0. The van der Waals surface area contributed by atoms with Crippen LogP contribution in [0.1, 0.15) is 5.56 Å². The Bertz CT molecular complexity index is 417. The molecule has 0 fully saturated rings. The van der Waals surface area contributed by atoms with Crippen molar-refractivity contribution in [2.45, 2.75) is 6.92 Å². The van der Waals surface area contributed by atoms with E-state index < -0.39 is 10.9 Å². The molecule has 6 nitrogen and oxygen atoms in total. The first-order valence-corrected chi connectivity index (χ1v) is 4.60. The van der Waals surface area contributed by atoms with Gasteiger partial charge in [-0.2, -0.15) is 0 Å². The van der Waals surface area contributed by atoms with E-state index in [1.165, 1.54) is 13.2 Å². The van der Waals surface area contributed by atoms with Gasteiger partial charge in [-0.1, -0.05) is 6.07 Å². The second-order valence-corrected chi connectivity index (χ2v) is 3.21. The summed E-state index contributed by atoms with van der Waals surface area (Å²) >= 11 is 0. The molecule has 0 heterocycles. The molecule has 0 atom stereocenters. The molecule has 1 rings (SSSR count). The van der Waals surface area contributed by atoms with Gasteiger partial charge in [0.15, 0.2) is 0 Å². The van der Waals surface area contributed by atoms with Crippen molar-refractivity contribution in [1.29, 1.82) is 0 Å². The van der Waals surface area contributed by atoms with E-state index in [1.54, 1.807) is 12.1 Å². The lowest BCUT2D eigenvalue weighted by Crippen LogP contribution is -2.15. The number of hydrogen-bond donors (Lipinski definition) is 1. The van der Waals surface area contributed by atoms with Crippen LogP contribution in [-0.4, -0.2) is 24.5 Å². The van der Waals surface area contributed by atoms with E-state index in [2.05, 4.69) is 10.1 Å². The monoisotopic (exact) mass is 224 g/mol. The lowest BCUT2D eigenvalue weighted by Gasteiger charge is -2.06. The van der Waals surface area contributed by atoms with Gasteiger partial charge in [0.25, 0.3) is 5.69 Å². The fraction of sp³-hybridized carbons (Fsp3) is 0.300. The molecule has 0 aliphatic carbocycles. The maximum atomic E-state index is 10.9. The van der Waals surface area contributed by atoms with Crippen LogP contribution in [-0.2, 0) is 9.53 Å². The number of carbonyl (C=O) groups is 1. The highest BCUT2D eigenvalue weighted by atomic mass is 16.6. The standard InChI is InChI=1S/C10H12N2O4/c1-7-3-4-9(12(14)15)8(5-7)11-6-10(13)16-2/h3-5,11H,6H2,1-2H3. The smallest absolute Gasteiger partial charge is 0.325 e. The van der Waals surface area contributed by atoms with Gasteiger partial charge in [-0.3, -0.25) is 14.9 Å². The highest BCUT2D eigenvalue weighted by Crippen LogP contribution is 2.24. The van der Waals surface area contributed by atoms with E-state index in [9.17, 15) is 14.9 Å². The van der Waals surface area contributed by atoms with Gasteiger partial charge in [-0.25, -0.2) is 0 Å². The van der Waals surface area contributed by atoms with Crippen LogP contribution in [0.5, 0.6) is 0 Å². The van der Waals surface area contributed by atoms with E-state index in [0.717, 1.165) is 5.56 Å². The SMILES string of the molecule is COC(=O)CNc1cc(C)ccc1[N+](=O)[O-]. The summed E-state index contributed by atoms with van der Waals surface area (Å²) < 4.78 is 4.43. The molecule has 0 saturated carbocycles. The van der Waals surface area contributed by atoms with Gasteiger partial charge in [0.05, 0.1) is 12.0 Å². The van der Waals surface area contributed by atoms with Gasteiger partial charge >= 0.3 is 5.97 Å². The van der Waals surface area contributed by atoms with Gasteiger partial charge in [-0.15, -0.1) is 0 Å². The van der Waals surface area contributed by atoms with Crippen molar-refractivity contribution in [2.75, 3.05) is 19.0 Å². The second-order valence-electron chi connectivity index (χ2n) is 3.21. The number of benzene rings is 1. The highest BCUT2D eigenvalue weighted by molar-refractivity contribution is 5.76. The maximum Gasteiger partial charge on any atom is 0.325 e. The number of carbonyl (C=O) groups excluding carboxylic acids is 1. The Hall–Kier alpha value is -2.11. The third kappa shape index (κ3) is 2.94. The second kappa shape index (κ2) is 5.11.